The fourth-order valence-corrected chi connectivity index (χ4v) is 4.33. The zero-order chi connectivity index (χ0) is 16.6. The molecule has 3 aromatic rings. The second-order valence-electron chi connectivity index (χ2n) is 4.99. The molecular formula is C17H13I2NO3. The first-order valence-electron chi connectivity index (χ1n) is 6.98. The first-order chi connectivity index (χ1) is 11.1. The van der Waals surface area contributed by atoms with Crippen molar-refractivity contribution < 1.29 is 14.7 Å². The van der Waals surface area contributed by atoms with Crippen LogP contribution in [0.1, 0.15) is 23.8 Å². The van der Waals surface area contributed by atoms with Crippen molar-refractivity contribution in [3.8, 4) is 5.75 Å². The normalized spacial score (nSPS) is 12.0. The number of hydrogen-bond acceptors (Lipinski definition) is 4. The zero-order valence-electron chi connectivity index (χ0n) is 12.2. The van der Waals surface area contributed by atoms with Gasteiger partial charge in [-0.3, -0.25) is 0 Å². The molecule has 0 saturated heterocycles. The van der Waals surface area contributed by atoms with Gasteiger partial charge in [-0.15, -0.1) is 0 Å². The Hall–Kier alpha value is -1.29. The number of benzene rings is 2. The molecule has 0 amide bonds. The Morgan fingerprint density at radius 1 is 1.17 bits per heavy atom. The van der Waals surface area contributed by atoms with Crippen LogP contribution in [0.5, 0.6) is 5.75 Å². The van der Waals surface area contributed by atoms with E-state index in [1.165, 1.54) is 0 Å². The van der Waals surface area contributed by atoms with E-state index in [2.05, 4.69) is 50.3 Å². The quantitative estimate of drug-likeness (QED) is 0.212. The van der Waals surface area contributed by atoms with E-state index in [1.807, 2.05) is 31.2 Å². The number of aromatic hydroxyl groups is 1. The number of para-hydroxylation sites is 1. The molecule has 0 radical (unpaired) electrons. The van der Waals surface area contributed by atoms with Gasteiger partial charge in [-0.05, 0) is 63.4 Å². The first kappa shape index (κ1) is 16.6. The van der Waals surface area contributed by atoms with Crippen LogP contribution in [0.2, 0.25) is 0 Å². The van der Waals surface area contributed by atoms with Crippen LogP contribution in [0.3, 0.4) is 0 Å². The predicted molar refractivity (Wildman–Crippen MR) is 107 cm³/mol. The van der Waals surface area contributed by atoms with Crippen molar-refractivity contribution in [1.82, 2.24) is 0 Å². The summed E-state index contributed by atoms with van der Waals surface area (Å²) in [4.78, 5) is 0. The Bertz CT molecular complexity index is 892. The molecule has 6 heteroatoms. The number of phenolic OH excluding ortho intramolecular Hbond substituents is 1. The number of halogens is 2. The van der Waals surface area contributed by atoms with Crippen molar-refractivity contribution in [3.05, 3.63) is 60.4 Å². The highest BCUT2D eigenvalue weighted by molar-refractivity contribution is 14.1. The van der Waals surface area contributed by atoms with Gasteiger partial charge in [0, 0.05) is 17.4 Å². The molecule has 23 heavy (non-hydrogen) atoms. The van der Waals surface area contributed by atoms with Crippen LogP contribution in [0.15, 0.2) is 46.0 Å². The summed E-state index contributed by atoms with van der Waals surface area (Å²) in [5.74, 6) is 1.01. The molecule has 0 aliphatic rings. The topological polar surface area (TPSA) is 66.0 Å². The number of aryl methyl sites for hydroxylation is 1. The molecule has 0 saturated carbocycles. The fourth-order valence-electron chi connectivity index (χ4n) is 2.56. The number of rotatable bonds is 3. The van der Waals surface area contributed by atoms with E-state index >= 15 is 0 Å². The summed E-state index contributed by atoms with van der Waals surface area (Å²) in [5, 5.41) is 24.1. The van der Waals surface area contributed by atoms with E-state index in [9.17, 15) is 10.3 Å². The maximum Gasteiger partial charge on any atom is 0.142 e. The number of hydrogen-bond donors (Lipinski definition) is 2. The van der Waals surface area contributed by atoms with Crippen LogP contribution in [0.4, 0.5) is 0 Å². The molecule has 0 atom stereocenters. The molecule has 3 rings (SSSR count). The van der Waals surface area contributed by atoms with E-state index in [4.69, 9.17) is 4.42 Å². The van der Waals surface area contributed by atoms with Crippen LogP contribution in [-0.4, -0.2) is 16.0 Å². The number of phenols is 1. The first-order valence-corrected chi connectivity index (χ1v) is 9.13. The van der Waals surface area contributed by atoms with Gasteiger partial charge in [-0.1, -0.05) is 30.3 Å². The standard InChI is InChI=1S/C17H13I2NO3/c1-2-13-15(10-5-3-4-6-14(10)23-13)16(20-22)9-7-11(18)17(21)12(19)8-9/h3-8,21-22H,2H2,1H3. The van der Waals surface area contributed by atoms with Gasteiger partial charge in [0.15, 0.2) is 0 Å². The van der Waals surface area contributed by atoms with Crippen molar-refractivity contribution in [2.75, 3.05) is 0 Å². The summed E-state index contributed by atoms with van der Waals surface area (Å²) >= 11 is 4.13. The maximum absolute atomic E-state index is 9.95. The second kappa shape index (κ2) is 6.68. The molecule has 1 aromatic heterocycles. The highest BCUT2D eigenvalue weighted by Gasteiger charge is 2.21. The minimum atomic E-state index is 0.236. The lowest BCUT2D eigenvalue weighted by Gasteiger charge is -2.08. The van der Waals surface area contributed by atoms with Crippen LogP contribution < -0.4 is 0 Å². The lowest BCUT2D eigenvalue weighted by molar-refractivity contribution is 0.319. The van der Waals surface area contributed by atoms with E-state index in [0.29, 0.717) is 19.3 Å². The van der Waals surface area contributed by atoms with Crippen LogP contribution in [0.25, 0.3) is 11.0 Å². The Labute approximate surface area is 160 Å². The summed E-state index contributed by atoms with van der Waals surface area (Å²) in [6, 6.07) is 11.3. The summed E-state index contributed by atoms with van der Waals surface area (Å²) < 4.78 is 7.30. The Morgan fingerprint density at radius 2 is 1.83 bits per heavy atom. The lowest BCUT2D eigenvalue weighted by Crippen LogP contribution is -2.06. The number of oxime groups is 1. The average Bonchev–Trinajstić information content (AvgIpc) is 2.92. The number of fused-ring (bicyclic) bond motifs is 1. The predicted octanol–water partition coefficient (Wildman–Crippen LogP) is 5.14. The summed E-state index contributed by atoms with van der Waals surface area (Å²) in [6.45, 7) is 2.00. The maximum atomic E-state index is 9.95. The molecule has 2 aromatic carbocycles. The third-order valence-corrected chi connectivity index (χ3v) is 5.26. The van der Waals surface area contributed by atoms with Gasteiger partial charge in [0.05, 0.1) is 12.7 Å². The Morgan fingerprint density at radius 3 is 2.43 bits per heavy atom. The molecule has 0 aliphatic carbocycles. The Balaban J connectivity index is 2.27. The van der Waals surface area contributed by atoms with E-state index < -0.39 is 0 Å². The molecule has 0 bridgehead atoms. The van der Waals surface area contributed by atoms with Crippen molar-refractivity contribution in [3.63, 3.8) is 0 Å². The molecule has 1 heterocycles. The molecule has 0 fully saturated rings. The average molecular weight is 533 g/mol. The van der Waals surface area contributed by atoms with Gasteiger partial charge in [-0.2, -0.15) is 0 Å². The molecule has 0 unspecified atom stereocenters. The van der Waals surface area contributed by atoms with Crippen molar-refractivity contribution in [2.24, 2.45) is 5.16 Å². The van der Waals surface area contributed by atoms with E-state index in [-0.39, 0.29) is 5.75 Å². The van der Waals surface area contributed by atoms with Crippen molar-refractivity contribution in [2.45, 2.75) is 13.3 Å². The molecule has 118 valence electrons. The van der Waals surface area contributed by atoms with Gasteiger partial charge in [-0.25, -0.2) is 0 Å². The van der Waals surface area contributed by atoms with Crippen LogP contribution in [0, 0.1) is 7.14 Å². The highest BCUT2D eigenvalue weighted by Crippen LogP contribution is 2.32. The highest BCUT2D eigenvalue weighted by atomic mass is 127. The summed E-state index contributed by atoms with van der Waals surface area (Å²) in [6.07, 6.45) is 0.690. The smallest absolute Gasteiger partial charge is 0.142 e. The van der Waals surface area contributed by atoms with Crippen LogP contribution >= 0.6 is 45.2 Å². The minimum Gasteiger partial charge on any atom is -0.506 e. The number of furan rings is 1. The van der Waals surface area contributed by atoms with E-state index in [1.54, 1.807) is 12.1 Å². The van der Waals surface area contributed by atoms with Crippen LogP contribution in [-0.2, 0) is 6.42 Å². The monoisotopic (exact) mass is 533 g/mol. The lowest BCUT2D eigenvalue weighted by atomic mass is 9.98. The van der Waals surface area contributed by atoms with Gasteiger partial charge in [0.1, 0.15) is 22.8 Å². The molecule has 0 aliphatic heterocycles. The SMILES string of the molecule is CCc1oc2ccccc2c1C(=NO)c1cc(I)c(O)c(I)c1. The van der Waals surface area contributed by atoms with Gasteiger partial charge >= 0.3 is 0 Å². The molecule has 2 N–H and O–H groups in total. The van der Waals surface area contributed by atoms with Crippen molar-refractivity contribution in [1.29, 1.82) is 0 Å². The fraction of sp³-hybridized carbons (Fsp3) is 0.118. The molecule has 4 nitrogen and oxygen atoms in total. The molecule has 0 spiro atoms. The Kier molecular flexibility index (Phi) is 4.81. The summed E-state index contributed by atoms with van der Waals surface area (Å²) in [7, 11) is 0. The zero-order valence-corrected chi connectivity index (χ0v) is 16.5. The molecular weight excluding hydrogens is 520 g/mol. The third-order valence-electron chi connectivity index (χ3n) is 3.62. The minimum absolute atomic E-state index is 0.236. The van der Waals surface area contributed by atoms with Crippen molar-refractivity contribution >= 4 is 61.9 Å². The number of nitrogens with zero attached hydrogens (tertiary/aromatic N) is 1. The van der Waals surface area contributed by atoms with Gasteiger partial charge in [0.25, 0.3) is 0 Å². The largest absolute Gasteiger partial charge is 0.506 e. The van der Waals surface area contributed by atoms with Gasteiger partial charge < -0.3 is 14.7 Å². The summed E-state index contributed by atoms with van der Waals surface area (Å²) in [5.41, 5.74) is 2.74. The second-order valence-corrected chi connectivity index (χ2v) is 7.31. The van der Waals surface area contributed by atoms with E-state index in [0.717, 1.165) is 27.9 Å². The van der Waals surface area contributed by atoms with Gasteiger partial charge in [0.2, 0.25) is 0 Å². The third kappa shape index (κ3) is 2.93.